The van der Waals surface area contributed by atoms with E-state index >= 15 is 0 Å². The Hall–Kier alpha value is -4.43. The largest absolute Gasteiger partial charge is 0.182 e. The highest BCUT2D eigenvalue weighted by Crippen LogP contribution is 2.35. The molecular formula is C38H25ClSi. The fraction of sp³-hybridized carbons (Fsp3) is 0. The smallest absolute Gasteiger partial charge is 0.0837 e. The summed E-state index contributed by atoms with van der Waals surface area (Å²) in [5, 5.41) is 11.7. The van der Waals surface area contributed by atoms with Crippen molar-refractivity contribution in [3.8, 4) is 22.3 Å². The van der Waals surface area contributed by atoms with Gasteiger partial charge in [0.1, 0.15) is 0 Å². The minimum atomic E-state index is -2.78. The third-order valence-corrected chi connectivity index (χ3v) is 13.9. The summed E-state index contributed by atoms with van der Waals surface area (Å²) in [6, 6.07) is 55.8. The van der Waals surface area contributed by atoms with Gasteiger partial charge in [0.15, 0.2) is 8.07 Å². The third-order valence-electron chi connectivity index (χ3n) is 8.62. The molecule has 188 valence electrons. The second kappa shape index (κ2) is 9.06. The molecule has 0 nitrogen and oxygen atoms in total. The van der Waals surface area contributed by atoms with Gasteiger partial charge in [-0.05, 0) is 65.0 Å². The Morgan fingerprint density at radius 2 is 0.875 bits per heavy atom. The van der Waals surface area contributed by atoms with Gasteiger partial charge in [0.2, 0.25) is 0 Å². The van der Waals surface area contributed by atoms with E-state index < -0.39 is 8.07 Å². The molecular weight excluding hydrogens is 520 g/mol. The molecule has 1 aliphatic rings. The quantitative estimate of drug-likeness (QED) is 0.200. The molecule has 1 heterocycles. The molecule has 7 aromatic rings. The minimum absolute atomic E-state index is 0.778. The van der Waals surface area contributed by atoms with Crippen molar-refractivity contribution in [2.75, 3.05) is 0 Å². The molecule has 0 saturated carbocycles. The molecule has 0 bridgehead atoms. The van der Waals surface area contributed by atoms with Gasteiger partial charge in [-0.3, -0.25) is 0 Å². The first kappa shape index (κ1) is 23.5. The summed E-state index contributed by atoms with van der Waals surface area (Å²) in [4.78, 5) is 0. The van der Waals surface area contributed by atoms with Crippen LogP contribution >= 0.6 is 11.6 Å². The number of halogens is 1. The van der Waals surface area contributed by atoms with Crippen molar-refractivity contribution in [1.82, 2.24) is 0 Å². The lowest BCUT2D eigenvalue weighted by Gasteiger charge is -2.33. The van der Waals surface area contributed by atoms with Crippen molar-refractivity contribution in [2.45, 2.75) is 0 Å². The maximum Gasteiger partial charge on any atom is 0.182 e. The van der Waals surface area contributed by atoms with Gasteiger partial charge < -0.3 is 0 Å². The van der Waals surface area contributed by atoms with Crippen LogP contribution in [0.5, 0.6) is 0 Å². The predicted octanol–water partition coefficient (Wildman–Crippen LogP) is 7.67. The summed E-state index contributed by atoms with van der Waals surface area (Å²) in [6.07, 6.45) is 0. The second-order valence-corrected chi connectivity index (χ2v) is 14.7. The molecule has 0 aliphatic carbocycles. The summed E-state index contributed by atoms with van der Waals surface area (Å²) in [7, 11) is -2.78. The van der Waals surface area contributed by atoms with Crippen LogP contribution < -0.4 is 20.7 Å². The standard InChI is InChI=1S/C38H25ClSi/c39-34-19-7-5-15-29(34)28-23-24-33-32-18-6-8-20-37(32)40(38(33)25-28,35-21-9-13-26-11-1-3-16-30(26)35)36-22-10-14-27-12-2-4-17-31(27)36/h1-25H. The number of rotatable bonds is 3. The maximum atomic E-state index is 6.77. The molecule has 0 saturated heterocycles. The summed E-state index contributed by atoms with van der Waals surface area (Å²) in [6.45, 7) is 0. The summed E-state index contributed by atoms with van der Waals surface area (Å²) in [5.41, 5.74) is 4.91. The number of benzene rings is 7. The van der Waals surface area contributed by atoms with Crippen molar-refractivity contribution in [2.24, 2.45) is 0 Å². The topological polar surface area (TPSA) is 0 Å². The average Bonchev–Trinajstić information content (AvgIpc) is 3.31. The second-order valence-electron chi connectivity index (χ2n) is 10.6. The molecule has 0 amide bonds. The van der Waals surface area contributed by atoms with Gasteiger partial charge in [-0.25, -0.2) is 0 Å². The molecule has 0 radical (unpaired) electrons. The average molecular weight is 545 g/mol. The first-order valence-corrected chi connectivity index (χ1v) is 16.1. The van der Waals surface area contributed by atoms with Crippen LogP contribution in [-0.4, -0.2) is 8.07 Å². The van der Waals surface area contributed by atoms with E-state index in [1.807, 2.05) is 12.1 Å². The molecule has 1 aliphatic heterocycles. The molecule has 0 aromatic heterocycles. The molecule has 0 atom stereocenters. The molecule has 0 unspecified atom stereocenters. The van der Waals surface area contributed by atoms with E-state index in [0.717, 1.165) is 16.1 Å². The molecule has 0 spiro atoms. The van der Waals surface area contributed by atoms with Crippen LogP contribution in [0, 0.1) is 0 Å². The molecule has 0 N–H and O–H groups in total. The van der Waals surface area contributed by atoms with E-state index in [1.54, 1.807) is 0 Å². The molecule has 40 heavy (non-hydrogen) atoms. The van der Waals surface area contributed by atoms with Crippen LogP contribution in [0.3, 0.4) is 0 Å². The Bertz CT molecular complexity index is 2000. The van der Waals surface area contributed by atoms with Gasteiger partial charge >= 0.3 is 0 Å². The van der Waals surface area contributed by atoms with Crippen molar-refractivity contribution >= 4 is 62.0 Å². The highest BCUT2D eigenvalue weighted by atomic mass is 35.5. The Morgan fingerprint density at radius 1 is 0.375 bits per heavy atom. The van der Waals surface area contributed by atoms with E-state index in [2.05, 4.69) is 140 Å². The predicted molar refractivity (Wildman–Crippen MR) is 175 cm³/mol. The highest BCUT2D eigenvalue weighted by molar-refractivity contribution is 7.23. The van der Waals surface area contributed by atoms with Gasteiger partial charge in [-0.15, -0.1) is 0 Å². The number of hydrogen-bond donors (Lipinski definition) is 0. The highest BCUT2D eigenvalue weighted by Gasteiger charge is 2.50. The molecule has 7 aromatic carbocycles. The normalized spacial score (nSPS) is 13.3. The van der Waals surface area contributed by atoms with Gasteiger partial charge in [-0.2, -0.15) is 0 Å². The van der Waals surface area contributed by atoms with Crippen LogP contribution in [0.4, 0.5) is 0 Å². The van der Waals surface area contributed by atoms with E-state index in [9.17, 15) is 0 Å². The lowest BCUT2D eigenvalue weighted by atomic mass is 10.0. The van der Waals surface area contributed by atoms with Crippen LogP contribution in [0.15, 0.2) is 152 Å². The fourth-order valence-electron chi connectivity index (χ4n) is 6.97. The lowest BCUT2D eigenvalue weighted by molar-refractivity contribution is 1.63. The number of fused-ring (bicyclic) bond motifs is 5. The van der Waals surface area contributed by atoms with Crippen LogP contribution in [0.25, 0.3) is 43.8 Å². The maximum absolute atomic E-state index is 6.77. The van der Waals surface area contributed by atoms with Gasteiger partial charge in [0, 0.05) is 10.6 Å². The molecule has 0 fully saturated rings. The summed E-state index contributed by atoms with van der Waals surface area (Å²) < 4.78 is 0. The first-order chi connectivity index (χ1) is 19.8. The minimum Gasteiger partial charge on any atom is -0.0837 e. The fourth-order valence-corrected chi connectivity index (χ4v) is 12.9. The zero-order chi connectivity index (χ0) is 26.7. The van der Waals surface area contributed by atoms with Crippen molar-refractivity contribution in [3.05, 3.63) is 157 Å². The summed E-state index contributed by atoms with van der Waals surface area (Å²) in [5.74, 6) is 0. The van der Waals surface area contributed by atoms with Gasteiger partial charge in [0.05, 0.1) is 0 Å². The van der Waals surface area contributed by atoms with E-state index in [-0.39, 0.29) is 0 Å². The Balaban J connectivity index is 1.59. The number of hydrogen-bond acceptors (Lipinski definition) is 0. The summed E-state index contributed by atoms with van der Waals surface area (Å²) >= 11 is 6.77. The molecule has 2 heteroatoms. The first-order valence-electron chi connectivity index (χ1n) is 13.7. The SMILES string of the molecule is Clc1ccccc1-c1ccc2c(c1)[Si](c1cccc3ccccc13)(c1cccc3ccccc13)c1ccccc1-2. The molecule has 8 rings (SSSR count). The van der Waals surface area contributed by atoms with Crippen LogP contribution in [0.2, 0.25) is 5.02 Å². The zero-order valence-corrected chi connectivity index (χ0v) is 23.6. The van der Waals surface area contributed by atoms with E-state index in [0.29, 0.717) is 0 Å². The zero-order valence-electron chi connectivity index (χ0n) is 21.8. The monoisotopic (exact) mass is 544 g/mol. The van der Waals surface area contributed by atoms with Gasteiger partial charge in [-0.1, -0.05) is 157 Å². The van der Waals surface area contributed by atoms with Crippen molar-refractivity contribution in [1.29, 1.82) is 0 Å². The Kier molecular flexibility index (Phi) is 5.31. The van der Waals surface area contributed by atoms with Crippen molar-refractivity contribution < 1.29 is 0 Å². The van der Waals surface area contributed by atoms with E-state index in [4.69, 9.17) is 11.6 Å². The van der Waals surface area contributed by atoms with Crippen LogP contribution in [0.1, 0.15) is 0 Å². The van der Waals surface area contributed by atoms with Crippen LogP contribution in [-0.2, 0) is 0 Å². The lowest BCUT2D eigenvalue weighted by Crippen LogP contribution is -2.73. The van der Waals surface area contributed by atoms with Crippen molar-refractivity contribution in [3.63, 3.8) is 0 Å². The Labute approximate surface area is 240 Å². The third kappa shape index (κ3) is 3.26. The van der Waals surface area contributed by atoms with Gasteiger partial charge in [0.25, 0.3) is 0 Å². The van der Waals surface area contributed by atoms with E-state index in [1.165, 1.54) is 53.4 Å². The Morgan fingerprint density at radius 3 is 1.55 bits per heavy atom.